The summed E-state index contributed by atoms with van der Waals surface area (Å²) in [6.07, 6.45) is 5.53. The normalized spacial score (nSPS) is 29.0. The summed E-state index contributed by atoms with van der Waals surface area (Å²) in [5.74, 6) is -0.633. The van der Waals surface area contributed by atoms with Crippen molar-refractivity contribution in [2.75, 3.05) is 0 Å². The van der Waals surface area contributed by atoms with Crippen LogP contribution in [-0.2, 0) is 10.2 Å². The monoisotopic (exact) mass is 386 g/mol. The molecule has 2 aromatic rings. The summed E-state index contributed by atoms with van der Waals surface area (Å²) in [7, 11) is -2.01. The number of furan rings is 1. The van der Waals surface area contributed by atoms with Crippen molar-refractivity contribution in [3.05, 3.63) is 17.4 Å². The highest BCUT2D eigenvalue weighted by Gasteiger charge is 2.52. The Morgan fingerprint density at radius 3 is 2.54 bits per heavy atom. The molecule has 0 aliphatic heterocycles. The standard InChI is InChI=1S/C21H27BO6/c1-20(2)7-4-8-21(3)14(20)6-5-11(10-23)18-15(21)12-9-13(24)17(25)16(22(26)27)19(12)28-18/h9-11,14,24-27H,4-8H2,1-3H3/t11?,14-,21-/m1/s1. The van der Waals surface area contributed by atoms with E-state index in [1.54, 1.807) is 0 Å². The van der Waals surface area contributed by atoms with E-state index in [2.05, 4.69) is 20.8 Å². The lowest BCUT2D eigenvalue weighted by molar-refractivity contribution is -0.109. The van der Waals surface area contributed by atoms with Gasteiger partial charge in [-0.25, -0.2) is 0 Å². The second-order valence-electron chi connectivity index (χ2n) is 9.38. The number of carbonyl (C=O) groups excluding carboxylic acids is 1. The molecule has 0 bridgehead atoms. The third-order valence-corrected chi connectivity index (χ3v) is 7.32. The van der Waals surface area contributed by atoms with E-state index in [-0.39, 0.29) is 21.9 Å². The van der Waals surface area contributed by atoms with Crippen molar-refractivity contribution in [2.45, 2.75) is 64.2 Å². The molecule has 4 N–H and O–H groups in total. The molecule has 4 rings (SSSR count). The Bertz CT molecular complexity index is 946. The average Bonchev–Trinajstić information content (AvgIpc) is 2.90. The summed E-state index contributed by atoms with van der Waals surface area (Å²) < 4.78 is 6.06. The van der Waals surface area contributed by atoms with Crippen molar-refractivity contribution in [3.8, 4) is 11.5 Å². The molecule has 1 fully saturated rings. The van der Waals surface area contributed by atoms with E-state index in [9.17, 15) is 25.1 Å². The SMILES string of the molecule is CC1(C)CCC[C@@]2(C)c3c(oc4c(B(O)O)c(O)c(O)cc34)C(C=O)CC[C@H]12. The van der Waals surface area contributed by atoms with Gasteiger partial charge in [-0.05, 0) is 48.5 Å². The van der Waals surface area contributed by atoms with Gasteiger partial charge in [0.1, 0.15) is 17.6 Å². The van der Waals surface area contributed by atoms with E-state index in [0.717, 1.165) is 37.5 Å². The number of hydrogen-bond donors (Lipinski definition) is 4. The van der Waals surface area contributed by atoms with Gasteiger partial charge in [0.2, 0.25) is 0 Å². The second kappa shape index (κ2) is 6.26. The zero-order valence-electron chi connectivity index (χ0n) is 16.5. The molecule has 28 heavy (non-hydrogen) atoms. The molecular formula is C21H27BO6. The fraction of sp³-hybridized carbons (Fsp3) is 0.571. The fourth-order valence-corrected chi connectivity index (χ4v) is 6.08. The summed E-state index contributed by atoms with van der Waals surface area (Å²) in [4.78, 5) is 11.9. The van der Waals surface area contributed by atoms with E-state index in [4.69, 9.17) is 4.42 Å². The molecule has 6 nitrogen and oxygen atoms in total. The van der Waals surface area contributed by atoms with E-state index in [1.807, 2.05) is 0 Å². The van der Waals surface area contributed by atoms with Crippen LogP contribution in [0.1, 0.15) is 70.1 Å². The average molecular weight is 386 g/mol. The maximum Gasteiger partial charge on any atom is 0.496 e. The van der Waals surface area contributed by atoms with Crippen molar-refractivity contribution in [1.29, 1.82) is 0 Å². The van der Waals surface area contributed by atoms with Crippen molar-refractivity contribution < 1.29 is 29.5 Å². The van der Waals surface area contributed by atoms with Crippen LogP contribution in [0, 0.1) is 11.3 Å². The number of aldehydes is 1. The first-order valence-electron chi connectivity index (χ1n) is 9.95. The number of fused-ring (bicyclic) bond motifs is 5. The first-order chi connectivity index (χ1) is 13.1. The van der Waals surface area contributed by atoms with Gasteiger partial charge in [-0.3, -0.25) is 0 Å². The molecule has 0 amide bonds. The quantitative estimate of drug-likeness (QED) is 0.359. The van der Waals surface area contributed by atoms with Gasteiger partial charge in [-0.15, -0.1) is 0 Å². The van der Waals surface area contributed by atoms with E-state index < -0.39 is 24.5 Å². The summed E-state index contributed by atoms with van der Waals surface area (Å²) in [5, 5.41) is 40.6. The molecule has 0 saturated heterocycles. The van der Waals surface area contributed by atoms with Crippen molar-refractivity contribution in [3.63, 3.8) is 0 Å². The van der Waals surface area contributed by atoms with Gasteiger partial charge in [0, 0.05) is 10.9 Å². The van der Waals surface area contributed by atoms with E-state index in [0.29, 0.717) is 23.5 Å². The fourth-order valence-electron chi connectivity index (χ4n) is 6.08. The van der Waals surface area contributed by atoms with Crippen LogP contribution in [0.15, 0.2) is 10.5 Å². The number of rotatable bonds is 2. The minimum Gasteiger partial charge on any atom is -0.504 e. The van der Waals surface area contributed by atoms with Gasteiger partial charge in [-0.1, -0.05) is 27.2 Å². The Kier molecular flexibility index (Phi) is 4.32. The van der Waals surface area contributed by atoms with Crippen LogP contribution in [0.2, 0.25) is 0 Å². The maximum absolute atomic E-state index is 11.9. The summed E-state index contributed by atoms with van der Waals surface area (Å²) >= 11 is 0. The van der Waals surface area contributed by atoms with Crippen LogP contribution in [0.4, 0.5) is 0 Å². The zero-order valence-corrected chi connectivity index (χ0v) is 16.5. The Hall–Kier alpha value is -1.99. The minimum atomic E-state index is -2.01. The third-order valence-electron chi connectivity index (χ3n) is 7.32. The molecule has 2 aliphatic carbocycles. The minimum absolute atomic E-state index is 0.0872. The van der Waals surface area contributed by atoms with Gasteiger partial charge in [0.15, 0.2) is 11.5 Å². The van der Waals surface area contributed by atoms with Crippen LogP contribution < -0.4 is 5.46 Å². The van der Waals surface area contributed by atoms with Crippen LogP contribution >= 0.6 is 0 Å². The highest BCUT2D eigenvalue weighted by Crippen LogP contribution is 2.59. The first-order valence-corrected chi connectivity index (χ1v) is 9.95. The van der Waals surface area contributed by atoms with Crippen molar-refractivity contribution in [2.24, 2.45) is 11.3 Å². The predicted octanol–water partition coefficient (Wildman–Crippen LogP) is 2.68. The number of phenols is 2. The van der Waals surface area contributed by atoms with Crippen LogP contribution in [0.3, 0.4) is 0 Å². The molecular weight excluding hydrogens is 359 g/mol. The molecule has 0 radical (unpaired) electrons. The summed E-state index contributed by atoms with van der Waals surface area (Å²) in [5.41, 5.74) is 0.549. The van der Waals surface area contributed by atoms with E-state index in [1.165, 1.54) is 6.07 Å². The van der Waals surface area contributed by atoms with Gasteiger partial charge in [0.25, 0.3) is 0 Å². The lowest BCUT2D eigenvalue weighted by atomic mass is 9.53. The molecule has 2 aliphatic rings. The van der Waals surface area contributed by atoms with Gasteiger partial charge in [0.05, 0.1) is 11.4 Å². The second-order valence-corrected chi connectivity index (χ2v) is 9.38. The smallest absolute Gasteiger partial charge is 0.496 e. The largest absolute Gasteiger partial charge is 0.504 e. The molecule has 1 saturated carbocycles. The molecule has 0 spiro atoms. The highest BCUT2D eigenvalue weighted by molar-refractivity contribution is 6.63. The topological polar surface area (TPSA) is 111 Å². The molecule has 1 unspecified atom stereocenters. The van der Waals surface area contributed by atoms with Crippen molar-refractivity contribution in [1.82, 2.24) is 0 Å². The summed E-state index contributed by atoms with van der Waals surface area (Å²) in [6, 6.07) is 1.43. The number of benzene rings is 1. The Morgan fingerprint density at radius 1 is 1.18 bits per heavy atom. The Balaban J connectivity index is 2.10. The Morgan fingerprint density at radius 2 is 1.89 bits per heavy atom. The molecule has 1 aromatic heterocycles. The lowest BCUT2D eigenvalue weighted by Gasteiger charge is -2.50. The van der Waals surface area contributed by atoms with Gasteiger partial charge >= 0.3 is 7.12 Å². The molecule has 1 heterocycles. The predicted molar refractivity (Wildman–Crippen MR) is 106 cm³/mol. The number of hydrogen-bond acceptors (Lipinski definition) is 6. The van der Waals surface area contributed by atoms with Crippen LogP contribution in [0.25, 0.3) is 11.0 Å². The van der Waals surface area contributed by atoms with Crippen LogP contribution in [0.5, 0.6) is 11.5 Å². The maximum atomic E-state index is 11.9. The first kappa shape index (κ1) is 19.3. The molecule has 150 valence electrons. The van der Waals surface area contributed by atoms with E-state index >= 15 is 0 Å². The zero-order chi connectivity index (χ0) is 20.4. The molecule has 7 heteroatoms. The summed E-state index contributed by atoms with van der Waals surface area (Å²) in [6.45, 7) is 6.73. The van der Waals surface area contributed by atoms with Crippen molar-refractivity contribution >= 4 is 29.8 Å². The third kappa shape index (κ3) is 2.52. The molecule has 1 aromatic carbocycles. The Labute approximate surface area is 164 Å². The molecule has 3 atom stereocenters. The lowest BCUT2D eigenvalue weighted by Crippen LogP contribution is -2.44. The highest BCUT2D eigenvalue weighted by atomic mass is 16.4. The van der Waals surface area contributed by atoms with Gasteiger partial charge in [-0.2, -0.15) is 0 Å². The van der Waals surface area contributed by atoms with Gasteiger partial charge < -0.3 is 29.5 Å². The number of aromatic hydroxyl groups is 2. The number of phenolic OH excluding ortho intramolecular Hbond substituents is 2. The number of carbonyl (C=O) groups is 1. The van der Waals surface area contributed by atoms with Crippen LogP contribution in [-0.4, -0.2) is 33.7 Å².